The fraction of sp³-hybridized carbons (Fsp3) is 0.263. The number of aromatic nitrogens is 1. The van der Waals surface area contributed by atoms with E-state index in [4.69, 9.17) is 16.3 Å². The molecule has 0 atom stereocenters. The molecule has 0 unspecified atom stereocenters. The Labute approximate surface area is 173 Å². The summed E-state index contributed by atoms with van der Waals surface area (Å²) >= 11 is 7.43. The van der Waals surface area contributed by atoms with Gasteiger partial charge in [0, 0.05) is 23.7 Å². The largest absolute Gasteiger partial charge is 0.497 e. The third-order valence-corrected chi connectivity index (χ3v) is 5.22. The highest BCUT2D eigenvalue weighted by molar-refractivity contribution is 7.22. The summed E-state index contributed by atoms with van der Waals surface area (Å²) in [6.07, 6.45) is 0. The van der Waals surface area contributed by atoms with Gasteiger partial charge >= 0.3 is 0 Å². The molecule has 0 aliphatic heterocycles. The van der Waals surface area contributed by atoms with Gasteiger partial charge in [-0.2, -0.15) is 0 Å². The zero-order valence-electron chi connectivity index (χ0n) is 15.3. The molecule has 1 heterocycles. The fourth-order valence-electron chi connectivity index (χ4n) is 2.47. The van der Waals surface area contributed by atoms with Crippen molar-refractivity contribution in [1.29, 1.82) is 0 Å². The lowest BCUT2D eigenvalue weighted by molar-refractivity contribution is 0.0985. The highest BCUT2D eigenvalue weighted by Gasteiger charge is 2.21. The van der Waals surface area contributed by atoms with E-state index in [2.05, 4.69) is 4.98 Å². The minimum Gasteiger partial charge on any atom is -0.497 e. The third kappa shape index (κ3) is 5.11. The van der Waals surface area contributed by atoms with Crippen LogP contribution in [0.3, 0.4) is 0 Å². The first-order chi connectivity index (χ1) is 12.5. The number of ether oxygens (including phenoxy) is 1. The van der Waals surface area contributed by atoms with E-state index in [-0.39, 0.29) is 18.3 Å². The standard InChI is InChI=1S/C19H20ClN3O2S.ClH/c1-22(2)10-11-23(18(24)13-4-6-14(20)7-5-13)19-21-16-9-8-15(25-3)12-17(16)26-19;/h4-9,12H,10-11H2,1-3H3;1H. The Balaban J connectivity index is 0.00000261. The highest BCUT2D eigenvalue weighted by Crippen LogP contribution is 2.32. The SMILES string of the molecule is COc1ccc2nc(N(CCN(C)C)C(=O)c3ccc(Cl)cc3)sc2c1.Cl. The number of carbonyl (C=O) groups is 1. The maximum atomic E-state index is 13.1. The van der Waals surface area contributed by atoms with Crippen molar-refractivity contribution >= 4 is 56.6 Å². The number of rotatable bonds is 6. The number of fused-ring (bicyclic) bond motifs is 1. The van der Waals surface area contributed by atoms with Gasteiger partial charge in [0.15, 0.2) is 5.13 Å². The molecule has 0 N–H and O–H groups in total. The van der Waals surface area contributed by atoms with Crippen LogP contribution in [0.5, 0.6) is 5.75 Å². The van der Waals surface area contributed by atoms with Crippen LogP contribution < -0.4 is 9.64 Å². The minimum atomic E-state index is -0.0884. The van der Waals surface area contributed by atoms with Crippen LogP contribution in [0.2, 0.25) is 5.02 Å². The fourth-order valence-corrected chi connectivity index (χ4v) is 3.61. The van der Waals surface area contributed by atoms with Crippen LogP contribution in [0, 0.1) is 0 Å². The molecule has 0 aliphatic rings. The predicted molar refractivity (Wildman–Crippen MR) is 115 cm³/mol. The second-order valence-corrected chi connectivity index (χ2v) is 7.54. The molecule has 0 aliphatic carbocycles. The molecule has 3 aromatic rings. The first-order valence-electron chi connectivity index (χ1n) is 8.14. The topological polar surface area (TPSA) is 45.7 Å². The van der Waals surface area contributed by atoms with E-state index in [0.717, 1.165) is 22.5 Å². The van der Waals surface area contributed by atoms with E-state index >= 15 is 0 Å². The van der Waals surface area contributed by atoms with Gasteiger partial charge in [-0.05, 0) is 56.6 Å². The molecule has 2 aromatic carbocycles. The Kier molecular flexibility index (Phi) is 7.44. The smallest absolute Gasteiger partial charge is 0.260 e. The second kappa shape index (κ2) is 9.37. The molecule has 1 aromatic heterocycles. The number of nitrogens with zero attached hydrogens (tertiary/aromatic N) is 3. The quantitative estimate of drug-likeness (QED) is 0.579. The summed E-state index contributed by atoms with van der Waals surface area (Å²) in [7, 11) is 5.60. The molecule has 144 valence electrons. The van der Waals surface area contributed by atoms with Crippen LogP contribution in [0.15, 0.2) is 42.5 Å². The monoisotopic (exact) mass is 425 g/mol. The van der Waals surface area contributed by atoms with Crippen molar-refractivity contribution in [2.45, 2.75) is 0 Å². The zero-order chi connectivity index (χ0) is 18.7. The predicted octanol–water partition coefficient (Wildman–Crippen LogP) is 4.59. The summed E-state index contributed by atoms with van der Waals surface area (Å²) in [6.45, 7) is 1.28. The van der Waals surface area contributed by atoms with Gasteiger partial charge in [-0.15, -0.1) is 12.4 Å². The molecule has 3 rings (SSSR count). The number of amides is 1. The number of carbonyl (C=O) groups excluding carboxylic acids is 1. The van der Waals surface area contributed by atoms with Crippen molar-refractivity contribution in [2.24, 2.45) is 0 Å². The summed E-state index contributed by atoms with van der Waals surface area (Å²) in [5, 5.41) is 1.28. The van der Waals surface area contributed by atoms with E-state index in [0.29, 0.717) is 22.3 Å². The molecule has 5 nitrogen and oxygen atoms in total. The number of anilines is 1. The van der Waals surface area contributed by atoms with Crippen LogP contribution >= 0.6 is 35.3 Å². The summed E-state index contributed by atoms with van der Waals surface area (Å²) in [4.78, 5) is 21.5. The molecule has 8 heteroatoms. The minimum absolute atomic E-state index is 0. The van der Waals surface area contributed by atoms with Crippen molar-refractivity contribution < 1.29 is 9.53 Å². The van der Waals surface area contributed by atoms with E-state index in [9.17, 15) is 4.79 Å². The van der Waals surface area contributed by atoms with Crippen molar-refractivity contribution in [3.8, 4) is 5.75 Å². The molecular formula is C19H21Cl2N3O2S. The van der Waals surface area contributed by atoms with Crippen molar-refractivity contribution in [1.82, 2.24) is 9.88 Å². The third-order valence-electron chi connectivity index (χ3n) is 3.92. The maximum absolute atomic E-state index is 13.1. The molecule has 27 heavy (non-hydrogen) atoms. The van der Waals surface area contributed by atoms with Crippen molar-refractivity contribution in [3.63, 3.8) is 0 Å². The first kappa shape index (κ1) is 21.4. The van der Waals surface area contributed by atoms with Gasteiger partial charge in [0.1, 0.15) is 5.75 Å². The van der Waals surface area contributed by atoms with E-state index in [1.165, 1.54) is 11.3 Å². The number of hydrogen-bond donors (Lipinski definition) is 0. The van der Waals surface area contributed by atoms with Gasteiger partial charge in [0.05, 0.1) is 17.3 Å². The number of likely N-dealkylation sites (N-methyl/N-ethyl adjacent to an activating group) is 1. The van der Waals surface area contributed by atoms with Crippen LogP contribution in [0.25, 0.3) is 10.2 Å². The van der Waals surface area contributed by atoms with Gasteiger partial charge < -0.3 is 9.64 Å². The van der Waals surface area contributed by atoms with Crippen LogP contribution in [0.1, 0.15) is 10.4 Å². The average Bonchev–Trinajstić information content (AvgIpc) is 3.04. The van der Waals surface area contributed by atoms with Gasteiger partial charge in [-0.3, -0.25) is 9.69 Å². The number of hydrogen-bond acceptors (Lipinski definition) is 5. The van der Waals surface area contributed by atoms with E-state index in [1.807, 2.05) is 37.2 Å². The molecule has 1 amide bonds. The number of halogens is 2. The lowest BCUT2D eigenvalue weighted by Crippen LogP contribution is -2.36. The van der Waals surface area contributed by atoms with E-state index in [1.54, 1.807) is 36.3 Å². The van der Waals surface area contributed by atoms with Gasteiger partial charge in [0.2, 0.25) is 0 Å². The van der Waals surface area contributed by atoms with Gasteiger partial charge in [0.25, 0.3) is 5.91 Å². The molecule has 0 radical (unpaired) electrons. The molecule has 0 saturated heterocycles. The average molecular weight is 426 g/mol. The lowest BCUT2D eigenvalue weighted by atomic mass is 10.2. The number of thiazole rings is 1. The number of benzene rings is 2. The molecule has 0 spiro atoms. The molecule has 0 saturated carbocycles. The Morgan fingerprint density at radius 2 is 1.85 bits per heavy atom. The summed E-state index contributed by atoms with van der Waals surface area (Å²) < 4.78 is 6.26. The number of methoxy groups -OCH3 is 1. The van der Waals surface area contributed by atoms with Crippen molar-refractivity contribution in [3.05, 3.63) is 53.1 Å². The Hall–Kier alpha value is -1.86. The highest BCUT2D eigenvalue weighted by atomic mass is 35.5. The lowest BCUT2D eigenvalue weighted by Gasteiger charge is -2.22. The molecule has 0 bridgehead atoms. The van der Waals surface area contributed by atoms with Crippen molar-refractivity contribution in [2.75, 3.05) is 39.2 Å². The summed E-state index contributed by atoms with van der Waals surface area (Å²) in [6, 6.07) is 12.6. The zero-order valence-corrected chi connectivity index (χ0v) is 17.7. The molecule has 0 fully saturated rings. The maximum Gasteiger partial charge on any atom is 0.260 e. The summed E-state index contributed by atoms with van der Waals surface area (Å²) in [5.74, 6) is 0.686. The van der Waals surface area contributed by atoms with E-state index < -0.39 is 0 Å². The normalized spacial score (nSPS) is 10.7. The van der Waals surface area contributed by atoms with Gasteiger partial charge in [-0.1, -0.05) is 22.9 Å². The van der Waals surface area contributed by atoms with Crippen LogP contribution in [-0.4, -0.2) is 50.1 Å². The van der Waals surface area contributed by atoms with Gasteiger partial charge in [-0.25, -0.2) is 4.98 Å². The molecular weight excluding hydrogens is 405 g/mol. The Bertz CT molecular complexity index is 913. The second-order valence-electron chi connectivity index (χ2n) is 6.10. The van der Waals surface area contributed by atoms with Crippen LogP contribution in [-0.2, 0) is 0 Å². The van der Waals surface area contributed by atoms with Crippen LogP contribution in [0.4, 0.5) is 5.13 Å². The first-order valence-corrected chi connectivity index (χ1v) is 9.34. The Morgan fingerprint density at radius 1 is 1.15 bits per heavy atom. The summed E-state index contributed by atoms with van der Waals surface area (Å²) in [5.41, 5.74) is 1.44. The Morgan fingerprint density at radius 3 is 2.48 bits per heavy atom.